The molecule has 0 atom stereocenters. The molecule has 0 amide bonds. The minimum Gasteiger partial charge on any atom is -0.338 e. The van der Waals surface area contributed by atoms with Gasteiger partial charge >= 0.3 is 0 Å². The van der Waals surface area contributed by atoms with E-state index in [1.807, 2.05) is 6.07 Å². The fraction of sp³-hybridized carbons (Fsp3) is 0.636. The Bertz CT molecular complexity index is 280. The van der Waals surface area contributed by atoms with Gasteiger partial charge in [0.25, 0.3) is 0 Å². The van der Waals surface area contributed by atoms with E-state index in [1.165, 1.54) is 13.0 Å². The van der Waals surface area contributed by atoms with Crippen LogP contribution in [0.3, 0.4) is 0 Å². The van der Waals surface area contributed by atoms with Gasteiger partial charge in [-0.2, -0.15) is 0 Å². The van der Waals surface area contributed by atoms with E-state index in [-0.39, 0.29) is 0 Å². The number of piperazine rings is 1. The largest absolute Gasteiger partial charge is 0.338 e. The fourth-order valence-electron chi connectivity index (χ4n) is 1.94. The summed E-state index contributed by atoms with van der Waals surface area (Å²) in [6.07, 6.45) is 4.85. The molecule has 0 saturated carbocycles. The first-order valence-electron chi connectivity index (χ1n) is 5.64. The number of hydrogen-bond donors (Lipinski definition) is 0. The fourth-order valence-corrected chi connectivity index (χ4v) is 1.94. The Hall–Kier alpha value is -1.16. The molecular formula is C11H18N4. The Balaban J connectivity index is 1.88. The highest BCUT2D eigenvalue weighted by Crippen LogP contribution is 2.09. The lowest BCUT2D eigenvalue weighted by molar-refractivity contribution is 0.257. The van der Waals surface area contributed by atoms with Crippen molar-refractivity contribution in [3.05, 3.63) is 18.5 Å². The Morgan fingerprint density at radius 1 is 1.13 bits per heavy atom. The van der Waals surface area contributed by atoms with E-state index in [2.05, 4.69) is 26.7 Å². The molecule has 0 aliphatic carbocycles. The number of anilines is 1. The molecule has 1 aromatic rings. The molecule has 0 spiro atoms. The van der Waals surface area contributed by atoms with Crippen molar-refractivity contribution in [1.29, 1.82) is 0 Å². The number of hydrogen-bond acceptors (Lipinski definition) is 4. The SMILES string of the molecule is CCCN1CCN(c2ncccn2)CC1. The van der Waals surface area contributed by atoms with Crippen LogP contribution in [0.2, 0.25) is 0 Å². The van der Waals surface area contributed by atoms with Gasteiger partial charge in [-0.05, 0) is 19.0 Å². The molecule has 82 valence electrons. The summed E-state index contributed by atoms with van der Waals surface area (Å²) in [6.45, 7) is 7.79. The van der Waals surface area contributed by atoms with Crippen molar-refractivity contribution in [3.8, 4) is 0 Å². The predicted molar refractivity (Wildman–Crippen MR) is 61.0 cm³/mol. The van der Waals surface area contributed by atoms with E-state index in [0.29, 0.717) is 0 Å². The summed E-state index contributed by atoms with van der Waals surface area (Å²) < 4.78 is 0. The Kier molecular flexibility index (Phi) is 3.50. The number of rotatable bonds is 3. The third-order valence-corrected chi connectivity index (χ3v) is 2.75. The summed E-state index contributed by atoms with van der Waals surface area (Å²) >= 11 is 0. The van der Waals surface area contributed by atoms with Crippen molar-refractivity contribution >= 4 is 5.95 Å². The van der Waals surface area contributed by atoms with Crippen molar-refractivity contribution in [1.82, 2.24) is 14.9 Å². The van der Waals surface area contributed by atoms with E-state index in [0.717, 1.165) is 32.1 Å². The minimum atomic E-state index is 0.869. The van der Waals surface area contributed by atoms with Gasteiger partial charge in [0.2, 0.25) is 5.95 Å². The zero-order valence-corrected chi connectivity index (χ0v) is 9.26. The van der Waals surface area contributed by atoms with Crippen LogP contribution in [0.15, 0.2) is 18.5 Å². The maximum absolute atomic E-state index is 4.27. The molecule has 0 bridgehead atoms. The van der Waals surface area contributed by atoms with E-state index >= 15 is 0 Å². The summed E-state index contributed by atoms with van der Waals surface area (Å²) in [5.74, 6) is 0.869. The average molecular weight is 206 g/mol. The van der Waals surface area contributed by atoms with Crippen LogP contribution < -0.4 is 4.90 Å². The molecule has 2 heterocycles. The molecule has 0 aromatic carbocycles. The van der Waals surface area contributed by atoms with Crippen molar-refractivity contribution in [2.24, 2.45) is 0 Å². The van der Waals surface area contributed by atoms with Gasteiger partial charge in [0.05, 0.1) is 0 Å². The minimum absolute atomic E-state index is 0.869. The van der Waals surface area contributed by atoms with Crippen molar-refractivity contribution in [3.63, 3.8) is 0 Å². The van der Waals surface area contributed by atoms with Gasteiger partial charge in [0.1, 0.15) is 0 Å². The zero-order valence-electron chi connectivity index (χ0n) is 9.26. The Morgan fingerprint density at radius 3 is 2.40 bits per heavy atom. The maximum atomic E-state index is 4.27. The summed E-state index contributed by atoms with van der Waals surface area (Å²) in [5, 5.41) is 0. The molecule has 1 aromatic heterocycles. The number of nitrogens with zero attached hydrogens (tertiary/aromatic N) is 4. The van der Waals surface area contributed by atoms with Gasteiger partial charge in [-0.15, -0.1) is 0 Å². The monoisotopic (exact) mass is 206 g/mol. The molecule has 1 saturated heterocycles. The lowest BCUT2D eigenvalue weighted by Crippen LogP contribution is -2.47. The molecule has 1 aliphatic rings. The van der Waals surface area contributed by atoms with E-state index in [1.54, 1.807) is 12.4 Å². The molecule has 1 fully saturated rings. The smallest absolute Gasteiger partial charge is 0.225 e. The highest BCUT2D eigenvalue weighted by atomic mass is 15.3. The summed E-state index contributed by atoms with van der Waals surface area (Å²) in [5.41, 5.74) is 0. The Labute approximate surface area is 90.9 Å². The predicted octanol–water partition coefficient (Wildman–Crippen LogP) is 1.01. The standard InChI is InChI=1S/C11H18N4/c1-2-6-14-7-9-15(10-8-14)11-12-4-3-5-13-11/h3-5H,2,6-10H2,1H3. The highest BCUT2D eigenvalue weighted by Gasteiger charge is 2.17. The molecule has 1 aliphatic heterocycles. The van der Waals surface area contributed by atoms with E-state index < -0.39 is 0 Å². The molecule has 0 unspecified atom stereocenters. The maximum Gasteiger partial charge on any atom is 0.225 e. The normalized spacial score (nSPS) is 18.1. The van der Waals surface area contributed by atoms with Crippen molar-refractivity contribution in [2.75, 3.05) is 37.6 Å². The molecule has 15 heavy (non-hydrogen) atoms. The van der Waals surface area contributed by atoms with Gasteiger partial charge < -0.3 is 4.90 Å². The molecule has 4 nitrogen and oxygen atoms in total. The van der Waals surface area contributed by atoms with Crippen LogP contribution >= 0.6 is 0 Å². The van der Waals surface area contributed by atoms with E-state index in [4.69, 9.17) is 0 Å². The first-order valence-corrected chi connectivity index (χ1v) is 5.64. The third kappa shape index (κ3) is 2.65. The molecule has 0 N–H and O–H groups in total. The molecule has 0 radical (unpaired) electrons. The van der Waals surface area contributed by atoms with Gasteiger partial charge in [-0.25, -0.2) is 9.97 Å². The number of aromatic nitrogens is 2. The van der Waals surface area contributed by atoms with Gasteiger partial charge in [0, 0.05) is 38.6 Å². The van der Waals surface area contributed by atoms with Gasteiger partial charge in [-0.3, -0.25) is 4.90 Å². The van der Waals surface area contributed by atoms with Crippen LogP contribution in [0, 0.1) is 0 Å². The van der Waals surface area contributed by atoms with Crippen molar-refractivity contribution in [2.45, 2.75) is 13.3 Å². The second kappa shape index (κ2) is 5.07. The first-order chi connectivity index (χ1) is 7.40. The van der Waals surface area contributed by atoms with Crippen LogP contribution in [0.5, 0.6) is 0 Å². The van der Waals surface area contributed by atoms with Crippen LogP contribution in [0.1, 0.15) is 13.3 Å². The van der Waals surface area contributed by atoms with Crippen LogP contribution in [-0.2, 0) is 0 Å². The molecular weight excluding hydrogens is 188 g/mol. The first kappa shape index (κ1) is 10.4. The average Bonchev–Trinajstić information content (AvgIpc) is 2.32. The summed E-state index contributed by atoms with van der Waals surface area (Å²) in [6, 6.07) is 1.86. The summed E-state index contributed by atoms with van der Waals surface area (Å²) in [4.78, 5) is 13.3. The van der Waals surface area contributed by atoms with Gasteiger partial charge in [-0.1, -0.05) is 6.92 Å². The summed E-state index contributed by atoms with van der Waals surface area (Å²) in [7, 11) is 0. The Morgan fingerprint density at radius 2 is 1.80 bits per heavy atom. The third-order valence-electron chi connectivity index (χ3n) is 2.75. The van der Waals surface area contributed by atoms with Crippen molar-refractivity contribution < 1.29 is 0 Å². The quantitative estimate of drug-likeness (QED) is 0.739. The van der Waals surface area contributed by atoms with Crippen LogP contribution in [0.4, 0.5) is 5.95 Å². The topological polar surface area (TPSA) is 32.3 Å². The second-order valence-corrected chi connectivity index (χ2v) is 3.88. The van der Waals surface area contributed by atoms with Crippen LogP contribution in [0.25, 0.3) is 0 Å². The zero-order chi connectivity index (χ0) is 10.5. The molecule has 2 rings (SSSR count). The lowest BCUT2D eigenvalue weighted by Gasteiger charge is -2.34. The lowest BCUT2D eigenvalue weighted by atomic mass is 10.3. The van der Waals surface area contributed by atoms with E-state index in [9.17, 15) is 0 Å². The highest BCUT2D eigenvalue weighted by molar-refractivity contribution is 5.29. The van der Waals surface area contributed by atoms with Gasteiger partial charge in [0.15, 0.2) is 0 Å². The molecule has 4 heteroatoms. The van der Waals surface area contributed by atoms with Crippen LogP contribution in [-0.4, -0.2) is 47.6 Å². The second-order valence-electron chi connectivity index (χ2n) is 3.88.